The number of aromatic hydroxyl groups is 1. The second-order valence-corrected chi connectivity index (χ2v) is 9.61. The van der Waals surface area contributed by atoms with Crippen molar-refractivity contribution in [1.29, 1.82) is 0 Å². The zero-order valence-electron chi connectivity index (χ0n) is 15.4. The van der Waals surface area contributed by atoms with Crippen LogP contribution in [0.5, 0.6) is 5.75 Å². The zero-order chi connectivity index (χ0) is 20.8. The van der Waals surface area contributed by atoms with E-state index in [0.29, 0.717) is 26.6 Å². The van der Waals surface area contributed by atoms with Gasteiger partial charge in [-0.2, -0.15) is 5.10 Å². The summed E-state index contributed by atoms with van der Waals surface area (Å²) >= 11 is 1.18. The molecule has 4 rings (SSSR count). The highest BCUT2D eigenvalue weighted by Gasteiger charge is 2.16. The number of aryl methyl sites for hydroxylation is 1. The first kappa shape index (κ1) is 19.1. The number of rotatable bonds is 4. The van der Waals surface area contributed by atoms with Crippen LogP contribution < -0.4 is 5.32 Å². The maximum absolute atomic E-state index is 12.5. The van der Waals surface area contributed by atoms with Crippen molar-refractivity contribution in [2.24, 2.45) is 0 Å². The van der Waals surface area contributed by atoms with E-state index in [0.717, 1.165) is 11.8 Å². The molecule has 2 heterocycles. The Kier molecular flexibility index (Phi) is 4.59. The number of carbonyl (C=O) groups excluding carboxylic acids is 1. The van der Waals surface area contributed by atoms with Crippen molar-refractivity contribution in [3.8, 4) is 17.0 Å². The first-order valence-corrected chi connectivity index (χ1v) is 11.2. The molecule has 0 saturated carbocycles. The predicted octanol–water partition coefficient (Wildman–Crippen LogP) is 3.36. The van der Waals surface area contributed by atoms with Crippen LogP contribution in [0.3, 0.4) is 0 Å². The molecule has 148 valence electrons. The van der Waals surface area contributed by atoms with Gasteiger partial charge in [-0.3, -0.25) is 15.2 Å². The maximum atomic E-state index is 12.5. The average molecular weight is 428 g/mol. The number of phenols is 1. The van der Waals surface area contributed by atoms with Gasteiger partial charge in [0.2, 0.25) is 0 Å². The number of thiazole rings is 1. The molecule has 0 bridgehead atoms. The first-order chi connectivity index (χ1) is 13.7. The highest BCUT2D eigenvalue weighted by atomic mass is 32.2. The van der Waals surface area contributed by atoms with Crippen molar-refractivity contribution in [2.45, 2.75) is 11.8 Å². The summed E-state index contributed by atoms with van der Waals surface area (Å²) in [7, 11) is -3.32. The predicted molar refractivity (Wildman–Crippen MR) is 111 cm³/mol. The van der Waals surface area contributed by atoms with Gasteiger partial charge in [0, 0.05) is 11.8 Å². The Morgan fingerprint density at radius 3 is 2.72 bits per heavy atom. The van der Waals surface area contributed by atoms with Crippen molar-refractivity contribution in [3.05, 3.63) is 53.7 Å². The molecule has 10 heteroatoms. The summed E-state index contributed by atoms with van der Waals surface area (Å²) in [5.74, 6) is -0.375. The Balaban J connectivity index is 1.58. The summed E-state index contributed by atoms with van der Waals surface area (Å²) in [4.78, 5) is 17.0. The minimum Gasteiger partial charge on any atom is -0.507 e. The van der Waals surface area contributed by atoms with E-state index in [1.54, 1.807) is 30.3 Å². The second kappa shape index (κ2) is 6.98. The number of nitrogens with one attached hydrogen (secondary N) is 2. The molecule has 0 aliphatic carbocycles. The van der Waals surface area contributed by atoms with Crippen LogP contribution in [0.2, 0.25) is 0 Å². The largest absolute Gasteiger partial charge is 0.507 e. The number of phenolic OH excluding ortho intramolecular Hbond substituents is 1. The summed E-state index contributed by atoms with van der Waals surface area (Å²) in [6.45, 7) is 1.89. The molecule has 4 aromatic rings. The topological polar surface area (TPSA) is 125 Å². The van der Waals surface area contributed by atoms with Gasteiger partial charge in [0.15, 0.2) is 15.0 Å². The molecular formula is C19H16N4O4S2. The maximum Gasteiger partial charge on any atom is 0.275 e. The Morgan fingerprint density at radius 2 is 1.97 bits per heavy atom. The number of carbonyl (C=O) groups is 1. The molecule has 0 saturated heterocycles. The van der Waals surface area contributed by atoms with Gasteiger partial charge in [-0.25, -0.2) is 13.4 Å². The smallest absolute Gasteiger partial charge is 0.275 e. The lowest BCUT2D eigenvalue weighted by Gasteiger charge is -2.01. The van der Waals surface area contributed by atoms with Gasteiger partial charge in [0.25, 0.3) is 5.91 Å². The van der Waals surface area contributed by atoms with Gasteiger partial charge >= 0.3 is 0 Å². The first-order valence-electron chi connectivity index (χ1n) is 8.48. The Hall–Kier alpha value is -3.24. The number of aromatic nitrogens is 3. The molecule has 29 heavy (non-hydrogen) atoms. The number of sulfone groups is 1. The molecule has 2 aromatic heterocycles. The number of anilines is 1. The normalized spacial score (nSPS) is 11.7. The van der Waals surface area contributed by atoms with Crippen LogP contribution in [0.15, 0.2) is 47.4 Å². The molecule has 8 nitrogen and oxygen atoms in total. The van der Waals surface area contributed by atoms with Gasteiger partial charge in [-0.05, 0) is 43.3 Å². The molecule has 2 aromatic carbocycles. The summed E-state index contributed by atoms with van der Waals surface area (Å²) in [5.41, 5.74) is 2.71. The number of amides is 1. The second-order valence-electron chi connectivity index (χ2n) is 6.56. The van der Waals surface area contributed by atoms with Crippen molar-refractivity contribution < 1.29 is 18.3 Å². The Labute approximate surface area is 170 Å². The van der Waals surface area contributed by atoms with Gasteiger partial charge in [0.1, 0.15) is 11.4 Å². The summed E-state index contributed by atoms with van der Waals surface area (Å²) in [6.07, 6.45) is 1.14. The molecule has 3 N–H and O–H groups in total. The van der Waals surface area contributed by atoms with Crippen LogP contribution in [-0.2, 0) is 9.84 Å². The van der Waals surface area contributed by atoms with Crippen molar-refractivity contribution >= 4 is 42.4 Å². The van der Waals surface area contributed by atoms with Crippen LogP contribution in [-0.4, -0.2) is 40.9 Å². The third-order valence-corrected chi connectivity index (χ3v) is 6.30. The number of aromatic amines is 1. The highest BCUT2D eigenvalue weighted by Crippen LogP contribution is 2.30. The van der Waals surface area contributed by atoms with Gasteiger partial charge in [-0.15, -0.1) is 0 Å². The SMILES string of the molecule is Cc1ccc(O)c(-c2cc(C(=O)Nc3nc4ccc(S(C)(=O)=O)cc4s3)[nH]n2)c1. The van der Waals surface area contributed by atoms with Crippen LogP contribution in [0, 0.1) is 6.92 Å². The third-order valence-electron chi connectivity index (χ3n) is 4.26. The molecule has 0 radical (unpaired) electrons. The average Bonchev–Trinajstić information content (AvgIpc) is 3.28. The number of H-pyrrole nitrogens is 1. The number of hydrogen-bond acceptors (Lipinski definition) is 7. The van der Waals surface area contributed by atoms with Gasteiger partial charge in [-0.1, -0.05) is 23.0 Å². The van der Waals surface area contributed by atoms with E-state index in [4.69, 9.17) is 0 Å². The lowest BCUT2D eigenvalue weighted by molar-refractivity contribution is 0.102. The molecule has 0 aliphatic rings. The van der Waals surface area contributed by atoms with Crippen molar-refractivity contribution in [1.82, 2.24) is 15.2 Å². The fourth-order valence-corrected chi connectivity index (χ4v) is 4.41. The highest BCUT2D eigenvalue weighted by molar-refractivity contribution is 7.90. The van der Waals surface area contributed by atoms with Gasteiger partial charge < -0.3 is 5.11 Å². The molecule has 0 spiro atoms. The number of nitrogens with zero attached hydrogens (tertiary/aromatic N) is 2. The van der Waals surface area contributed by atoms with E-state index in [2.05, 4.69) is 20.5 Å². The minimum atomic E-state index is -3.32. The molecule has 1 amide bonds. The lowest BCUT2D eigenvalue weighted by atomic mass is 10.1. The summed E-state index contributed by atoms with van der Waals surface area (Å²) in [5, 5.41) is 19.8. The molecule has 0 atom stereocenters. The van der Waals surface area contributed by atoms with E-state index in [-0.39, 0.29) is 16.3 Å². The number of fused-ring (bicyclic) bond motifs is 1. The monoisotopic (exact) mass is 428 g/mol. The van der Waals surface area contributed by atoms with Crippen molar-refractivity contribution in [3.63, 3.8) is 0 Å². The lowest BCUT2D eigenvalue weighted by Crippen LogP contribution is -2.11. The molecule has 0 aliphatic heterocycles. The standard InChI is InChI=1S/C19H16N4O4S2/c1-10-3-6-16(24)12(7-10)14-9-15(23-22-14)18(25)21-19-20-13-5-4-11(29(2,26)27)8-17(13)28-19/h3-9,24H,1-2H3,(H,22,23)(H,20,21,25). The van der Waals surface area contributed by atoms with E-state index >= 15 is 0 Å². The van der Waals surface area contributed by atoms with E-state index < -0.39 is 15.7 Å². The number of benzene rings is 2. The Morgan fingerprint density at radius 1 is 1.17 bits per heavy atom. The quantitative estimate of drug-likeness (QED) is 0.458. The summed E-state index contributed by atoms with van der Waals surface area (Å²) in [6, 6.07) is 11.3. The third kappa shape index (κ3) is 3.84. The zero-order valence-corrected chi connectivity index (χ0v) is 17.1. The summed E-state index contributed by atoms with van der Waals surface area (Å²) < 4.78 is 24.0. The van der Waals surface area contributed by atoms with Crippen LogP contribution in [0.1, 0.15) is 16.1 Å². The molecule has 0 unspecified atom stereocenters. The van der Waals surface area contributed by atoms with Crippen molar-refractivity contribution in [2.75, 3.05) is 11.6 Å². The van der Waals surface area contributed by atoms with Gasteiger partial charge in [0.05, 0.1) is 20.8 Å². The fourth-order valence-electron chi connectivity index (χ4n) is 2.78. The van der Waals surface area contributed by atoms with E-state index in [1.165, 1.54) is 23.5 Å². The Bertz CT molecular complexity index is 1360. The van der Waals surface area contributed by atoms with Crippen LogP contribution in [0.25, 0.3) is 21.5 Å². The van der Waals surface area contributed by atoms with E-state index in [9.17, 15) is 18.3 Å². The van der Waals surface area contributed by atoms with Crippen LogP contribution >= 0.6 is 11.3 Å². The molecular weight excluding hydrogens is 412 g/mol. The van der Waals surface area contributed by atoms with E-state index in [1.807, 2.05) is 6.92 Å². The number of hydrogen-bond donors (Lipinski definition) is 3. The molecule has 0 fully saturated rings. The van der Waals surface area contributed by atoms with Crippen LogP contribution in [0.4, 0.5) is 5.13 Å². The minimum absolute atomic E-state index is 0.0712. The fraction of sp³-hybridized carbons (Fsp3) is 0.105.